The van der Waals surface area contributed by atoms with Gasteiger partial charge in [0.2, 0.25) is 0 Å². The van der Waals surface area contributed by atoms with Gasteiger partial charge in [0.05, 0.1) is 24.6 Å². The Bertz CT molecular complexity index is 288. The summed E-state index contributed by atoms with van der Waals surface area (Å²) in [5.74, 6) is 0. The molecule has 0 aromatic heterocycles. The molecule has 0 unspecified atom stereocenters. The Balaban J connectivity index is 2.77. The summed E-state index contributed by atoms with van der Waals surface area (Å²) in [5.41, 5.74) is 3.44. The molecule has 0 bridgehead atoms. The number of allylic oxidation sites excluding steroid dienone is 1. The van der Waals surface area contributed by atoms with E-state index in [2.05, 4.69) is 37.2 Å². The summed E-state index contributed by atoms with van der Waals surface area (Å²) in [5, 5.41) is 3.19. The van der Waals surface area contributed by atoms with Gasteiger partial charge in [-0.15, -0.1) is 0 Å². The molecule has 3 heteroatoms. The molecule has 0 saturated carbocycles. The number of hydrogen-bond acceptors (Lipinski definition) is 3. The summed E-state index contributed by atoms with van der Waals surface area (Å²) in [6, 6.07) is 0. The number of morpholine rings is 1. The van der Waals surface area contributed by atoms with Crippen molar-refractivity contribution >= 4 is 0 Å². The third-order valence-corrected chi connectivity index (χ3v) is 2.88. The van der Waals surface area contributed by atoms with Crippen LogP contribution in [-0.4, -0.2) is 31.2 Å². The predicted molar refractivity (Wildman–Crippen MR) is 67.9 cm³/mol. The molecule has 0 aliphatic carbocycles. The maximum atomic E-state index is 5.34. The van der Waals surface area contributed by atoms with Gasteiger partial charge in [-0.3, -0.25) is 0 Å². The van der Waals surface area contributed by atoms with E-state index in [1.807, 2.05) is 0 Å². The molecular formula is C13H22N2O. The Labute approximate surface area is 98.5 Å². The van der Waals surface area contributed by atoms with E-state index >= 15 is 0 Å². The van der Waals surface area contributed by atoms with E-state index in [-0.39, 0.29) is 0 Å². The van der Waals surface area contributed by atoms with Crippen molar-refractivity contribution in [2.45, 2.75) is 20.3 Å². The zero-order valence-electron chi connectivity index (χ0n) is 10.4. The molecule has 0 aromatic carbocycles. The van der Waals surface area contributed by atoms with E-state index < -0.39 is 0 Å². The molecule has 0 spiro atoms. The van der Waals surface area contributed by atoms with Crippen molar-refractivity contribution in [3.8, 4) is 0 Å². The number of rotatable bonds is 5. The smallest absolute Gasteiger partial charge is 0.0642 e. The Morgan fingerprint density at radius 1 is 1.44 bits per heavy atom. The quantitative estimate of drug-likeness (QED) is 0.722. The van der Waals surface area contributed by atoms with Crippen LogP contribution in [0.15, 0.2) is 36.3 Å². The average molecular weight is 222 g/mol. The summed E-state index contributed by atoms with van der Waals surface area (Å²) >= 11 is 0. The molecule has 16 heavy (non-hydrogen) atoms. The van der Waals surface area contributed by atoms with E-state index in [1.165, 1.54) is 5.57 Å². The van der Waals surface area contributed by atoms with Crippen LogP contribution in [0.2, 0.25) is 0 Å². The highest BCUT2D eigenvalue weighted by atomic mass is 16.5. The van der Waals surface area contributed by atoms with Gasteiger partial charge in [-0.05, 0) is 25.1 Å². The summed E-state index contributed by atoms with van der Waals surface area (Å²) in [4.78, 5) is 2.26. The van der Waals surface area contributed by atoms with Crippen LogP contribution in [0.3, 0.4) is 0 Å². The first kappa shape index (κ1) is 12.8. The minimum absolute atomic E-state index is 0.783. The fourth-order valence-electron chi connectivity index (χ4n) is 1.72. The standard InChI is InChI=1S/C13H22N2O/c1-5-11(3)13(14-6-2)12(4)15-7-9-16-10-8-15/h6,14H,2,4-5,7-10H2,1,3H3/b13-11-. The Morgan fingerprint density at radius 2 is 2.06 bits per heavy atom. The number of hydrogen-bond donors (Lipinski definition) is 1. The molecule has 1 aliphatic rings. The third kappa shape index (κ3) is 3.14. The maximum absolute atomic E-state index is 5.34. The lowest BCUT2D eigenvalue weighted by atomic mass is 10.1. The van der Waals surface area contributed by atoms with Crippen molar-refractivity contribution in [3.63, 3.8) is 0 Å². The van der Waals surface area contributed by atoms with E-state index in [4.69, 9.17) is 4.74 Å². The maximum Gasteiger partial charge on any atom is 0.0642 e. The molecule has 0 atom stereocenters. The van der Waals surface area contributed by atoms with Gasteiger partial charge < -0.3 is 15.0 Å². The highest BCUT2D eigenvalue weighted by Crippen LogP contribution is 2.18. The van der Waals surface area contributed by atoms with Crippen LogP contribution in [0.4, 0.5) is 0 Å². The Hall–Kier alpha value is -1.22. The van der Waals surface area contributed by atoms with E-state index in [0.717, 1.165) is 44.1 Å². The first-order valence-corrected chi connectivity index (χ1v) is 5.79. The van der Waals surface area contributed by atoms with Crippen LogP contribution in [0.5, 0.6) is 0 Å². The van der Waals surface area contributed by atoms with Crippen LogP contribution in [0.1, 0.15) is 20.3 Å². The minimum Gasteiger partial charge on any atom is -0.378 e. The van der Waals surface area contributed by atoms with Crippen LogP contribution >= 0.6 is 0 Å². The third-order valence-electron chi connectivity index (χ3n) is 2.88. The van der Waals surface area contributed by atoms with Crippen molar-refractivity contribution in [2.75, 3.05) is 26.3 Å². The van der Waals surface area contributed by atoms with Gasteiger partial charge in [-0.1, -0.05) is 20.1 Å². The van der Waals surface area contributed by atoms with E-state index in [0.29, 0.717) is 0 Å². The van der Waals surface area contributed by atoms with Crippen molar-refractivity contribution < 1.29 is 4.74 Å². The monoisotopic (exact) mass is 222 g/mol. The fourth-order valence-corrected chi connectivity index (χ4v) is 1.72. The molecule has 1 aliphatic heterocycles. The van der Waals surface area contributed by atoms with E-state index in [1.54, 1.807) is 6.20 Å². The molecule has 1 rings (SSSR count). The zero-order chi connectivity index (χ0) is 12.0. The number of ether oxygens (including phenoxy) is 1. The first-order chi connectivity index (χ1) is 7.70. The van der Waals surface area contributed by atoms with Gasteiger partial charge in [0.15, 0.2) is 0 Å². The van der Waals surface area contributed by atoms with Crippen LogP contribution in [-0.2, 0) is 4.74 Å². The number of nitrogens with zero attached hydrogens (tertiary/aromatic N) is 1. The molecule has 0 amide bonds. The molecule has 1 fully saturated rings. The average Bonchev–Trinajstić information content (AvgIpc) is 2.35. The van der Waals surface area contributed by atoms with Crippen molar-refractivity contribution in [1.82, 2.24) is 10.2 Å². The van der Waals surface area contributed by atoms with Crippen LogP contribution < -0.4 is 5.32 Å². The normalized spacial score (nSPS) is 17.8. The topological polar surface area (TPSA) is 24.5 Å². The van der Waals surface area contributed by atoms with Gasteiger partial charge in [-0.25, -0.2) is 0 Å². The van der Waals surface area contributed by atoms with Crippen molar-refractivity contribution in [1.29, 1.82) is 0 Å². The molecule has 1 N–H and O–H groups in total. The lowest BCUT2D eigenvalue weighted by molar-refractivity contribution is 0.0546. The SMILES string of the molecule is C=CN/C(C(=C)N1CCOCC1)=C(/C)CC. The van der Waals surface area contributed by atoms with Gasteiger partial charge in [-0.2, -0.15) is 0 Å². The van der Waals surface area contributed by atoms with Gasteiger partial charge >= 0.3 is 0 Å². The van der Waals surface area contributed by atoms with Gasteiger partial charge in [0.25, 0.3) is 0 Å². The fraction of sp³-hybridized carbons (Fsp3) is 0.538. The lowest BCUT2D eigenvalue weighted by Gasteiger charge is -2.32. The molecule has 3 nitrogen and oxygen atoms in total. The second-order valence-corrected chi connectivity index (χ2v) is 3.90. The largest absolute Gasteiger partial charge is 0.378 e. The van der Waals surface area contributed by atoms with Crippen LogP contribution in [0, 0.1) is 0 Å². The summed E-state index contributed by atoms with van der Waals surface area (Å²) < 4.78 is 5.34. The number of nitrogens with one attached hydrogen (secondary N) is 1. The van der Waals surface area contributed by atoms with Crippen molar-refractivity contribution in [3.05, 3.63) is 36.3 Å². The van der Waals surface area contributed by atoms with Crippen molar-refractivity contribution in [2.24, 2.45) is 0 Å². The highest BCUT2D eigenvalue weighted by Gasteiger charge is 2.15. The van der Waals surface area contributed by atoms with Crippen LogP contribution in [0.25, 0.3) is 0 Å². The minimum atomic E-state index is 0.783. The van der Waals surface area contributed by atoms with E-state index in [9.17, 15) is 0 Å². The highest BCUT2D eigenvalue weighted by molar-refractivity contribution is 5.31. The zero-order valence-corrected chi connectivity index (χ0v) is 10.4. The molecule has 0 aromatic rings. The first-order valence-electron chi connectivity index (χ1n) is 5.79. The molecule has 90 valence electrons. The molecule has 1 saturated heterocycles. The predicted octanol–water partition coefficient (Wildman–Crippen LogP) is 2.25. The summed E-state index contributed by atoms with van der Waals surface area (Å²) in [6.45, 7) is 15.5. The second-order valence-electron chi connectivity index (χ2n) is 3.90. The Kier molecular flexibility index (Phi) is 5.12. The summed E-state index contributed by atoms with van der Waals surface area (Å²) in [6.07, 6.45) is 2.72. The summed E-state index contributed by atoms with van der Waals surface area (Å²) in [7, 11) is 0. The van der Waals surface area contributed by atoms with Gasteiger partial charge in [0.1, 0.15) is 0 Å². The molecular weight excluding hydrogens is 200 g/mol. The molecule has 1 heterocycles. The molecule has 0 radical (unpaired) electrons. The second kappa shape index (κ2) is 6.38. The van der Waals surface area contributed by atoms with Gasteiger partial charge in [0, 0.05) is 13.1 Å². The Morgan fingerprint density at radius 3 is 2.56 bits per heavy atom. The lowest BCUT2D eigenvalue weighted by Crippen LogP contribution is -2.37.